The van der Waals surface area contributed by atoms with Crippen molar-refractivity contribution in [1.82, 2.24) is 4.90 Å². The van der Waals surface area contributed by atoms with Gasteiger partial charge in [0.15, 0.2) is 0 Å². The van der Waals surface area contributed by atoms with Crippen LogP contribution in [-0.4, -0.2) is 11.4 Å². The summed E-state index contributed by atoms with van der Waals surface area (Å²) in [7, 11) is 0. The molecule has 3 heteroatoms. The van der Waals surface area contributed by atoms with E-state index in [2.05, 4.69) is 70.2 Å². The van der Waals surface area contributed by atoms with Crippen LogP contribution in [0.2, 0.25) is 0 Å². The lowest BCUT2D eigenvalue weighted by atomic mass is 10.0. The highest BCUT2D eigenvalue weighted by molar-refractivity contribution is 9.10. The third kappa shape index (κ3) is 2.53. The highest BCUT2D eigenvalue weighted by atomic mass is 79.9. The zero-order valence-corrected chi connectivity index (χ0v) is 13.2. The van der Waals surface area contributed by atoms with Gasteiger partial charge in [-0.05, 0) is 35.2 Å². The quantitative estimate of drug-likeness (QED) is 0.928. The molecule has 1 atom stereocenters. The lowest BCUT2D eigenvalue weighted by Crippen LogP contribution is -2.29. The largest absolute Gasteiger partial charge is 0.329 e. The molecular weight excluding hydrogens is 312 g/mol. The Morgan fingerprint density at radius 1 is 1.15 bits per heavy atom. The number of hydrogen-bond donors (Lipinski definition) is 1. The Hall–Kier alpha value is -1.16. The SMILES string of the molecule is Cc1ccc(C(CN)N2Cc3ccccc3C2)c(Br)c1. The average molecular weight is 331 g/mol. The molecule has 0 fully saturated rings. The molecule has 1 aliphatic heterocycles. The van der Waals surface area contributed by atoms with E-state index < -0.39 is 0 Å². The molecule has 0 amide bonds. The molecule has 0 aromatic heterocycles. The first-order valence-electron chi connectivity index (χ1n) is 6.96. The zero-order valence-electron chi connectivity index (χ0n) is 11.6. The first-order chi connectivity index (χ1) is 9.69. The highest BCUT2D eigenvalue weighted by Crippen LogP contribution is 2.34. The van der Waals surface area contributed by atoms with Crippen molar-refractivity contribution in [2.75, 3.05) is 6.54 Å². The lowest BCUT2D eigenvalue weighted by Gasteiger charge is -2.27. The van der Waals surface area contributed by atoms with Crippen LogP contribution in [-0.2, 0) is 13.1 Å². The summed E-state index contributed by atoms with van der Waals surface area (Å²) in [5, 5.41) is 0. The lowest BCUT2D eigenvalue weighted by molar-refractivity contribution is 0.204. The van der Waals surface area contributed by atoms with Crippen LogP contribution in [0.15, 0.2) is 46.9 Å². The molecule has 1 heterocycles. The normalized spacial score (nSPS) is 16.1. The van der Waals surface area contributed by atoms with Crippen LogP contribution >= 0.6 is 15.9 Å². The van der Waals surface area contributed by atoms with Gasteiger partial charge in [0.2, 0.25) is 0 Å². The molecule has 104 valence electrons. The van der Waals surface area contributed by atoms with E-state index in [0.717, 1.165) is 17.6 Å². The van der Waals surface area contributed by atoms with E-state index in [9.17, 15) is 0 Å². The summed E-state index contributed by atoms with van der Waals surface area (Å²) < 4.78 is 1.16. The maximum absolute atomic E-state index is 6.06. The molecule has 0 saturated carbocycles. The van der Waals surface area contributed by atoms with Crippen molar-refractivity contribution >= 4 is 15.9 Å². The van der Waals surface area contributed by atoms with E-state index in [1.807, 2.05) is 0 Å². The number of nitrogens with zero attached hydrogens (tertiary/aromatic N) is 1. The van der Waals surface area contributed by atoms with Gasteiger partial charge in [0, 0.05) is 30.1 Å². The molecule has 1 unspecified atom stereocenters. The van der Waals surface area contributed by atoms with Crippen molar-refractivity contribution in [1.29, 1.82) is 0 Å². The summed E-state index contributed by atoms with van der Waals surface area (Å²) in [4.78, 5) is 2.46. The molecule has 20 heavy (non-hydrogen) atoms. The first kappa shape index (κ1) is 13.8. The molecule has 0 saturated heterocycles. The Morgan fingerprint density at radius 2 is 1.80 bits per heavy atom. The summed E-state index contributed by atoms with van der Waals surface area (Å²) in [6.07, 6.45) is 0. The summed E-state index contributed by atoms with van der Waals surface area (Å²) in [5.74, 6) is 0. The van der Waals surface area contributed by atoms with Crippen molar-refractivity contribution in [3.8, 4) is 0 Å². The van der Waals surface area contributed by atoms with Crippen molar-refractivity contribution in [3.63, 3.8) is 0 Å². The highest BCUT2D eigenvalue weighted by Gasteiger charge is 2.26. The summed E-state index contributed by atoms with van der Waals surface area (Å²) in [6.45, 7) is 4.71. The van der Waals surface area contributed by atoms with Crippen LogP contribution in [0.4, 0.5) is 0 Å². The van der Waals surface area contributed by atoms with Crippen LogP contribution < -0.4 is 5.73 Å². The summed E-state index contributed by atoms with van der Waals surface area (Å²) in [5.41, 5.74) is 11.5. The Kier molecular flexibility index (Phi) is 3.92. The molecule has 1 aliphatic rings. The monoisotopic (exact) mass is 330 g/mol. The van der Waals surface area contributed by atoms with E-state index in [0.29, 0.717) is 6.54 Å². The standard InChI is InChI=1S/C17H19BrN2/c1-12-6-7-15(16(18)8-12)17(9-19)20-10-13-4-2-3-5-14(13)11-20/h2-8,17H,9-11,19H2,1H3. The number of benzene rings is 2. The van der Waals surface area contributed by atoms with Gasteiger partial charge in [0.05, 0.1) is 0 Å². The van der Waals surface area contributed by atoms with Crippen LogP contribution in [0.5, 0.6) is 0 Å². The van der Waals surface area contributed by atoms with Gasteiger partial charge in [0.1, 0.15) is 0 Å². The molecule has 2 nitrogen and oxygen atoms in total. The number of fused-ring (bicyclic) bond motifs is 1. The molecule has 0 bridgehead atoms. The number of aryl methyl sites for hydroxylation is 1. The topological polar surface area (TPSA) is 29.3 Å². The van der Waals surface area contributed by atoms with Crippen molar-refractivity contribution in [3.05, 3.63) is 69.2 Å². The molecule has 2 N–H and O–H groups in total. The Balaban J connectivity index is 1.89. The van der Waals surface area contributed by atoms with Crippen molar-refractivity contribution in [2.24, 2.45) is 5.73 Å². The Bertz CT molecular complexity index is 599. The minimum absolute atomic E-state index is 0.261. The maximum Gasteiger partial charge on any atom is 0.0488 e. The fourth-order valence-electron chi connectivity index (χ4n) is 2.96. The fourth-order valence-corrected chi connectivity index (χ4v) is 3.71. The molecule has 0 radical (unpaired) electrons. The Morgan fingerprint density at radius 3 is 2.35 bits per heavy atom. The van der Waals surface area contributed by atoms with Crippen molar-refractivity contribution in [2.45, 2.75) is 26.1 Å². The minimum Gasteiger partial charge on any atom is -0.329 e. The second-order valence-electron chi connectivity index (χ2n) is 5.45. The number of hydrogen-bond acceptors (Lipinski definition) is 2. The van der Waals surface area contributed by atoms with E-state index >= 15 is 0 Å². The van der Waals surface area contributed by atoms with Gasteiger partial charge in [-0.2, -0.15) is 0 Å². The first-order valence-corrected chi connectivity index (χ1v) is 7.75. The third-order valence-corrected chi connectivity index (χ3v) is 4.73. The number of nitrogens with two attached hydrogens (primary N) is 1. The molecule has 2 aromatic rings. The van der Waals surface area contributed by atoms with Gasteiger partial charge in [-0.15, -0.1) is 0 Å². The molecule has 0 spiro atoms. The van der Waals surface area contributed by atoms with E-state index in [1.54, 1.807) is 0 Å². The number of rotatable bonds is 3. The van der Waals surface area contributed by atoms with Gasteiger partial charge in [-0.1, -0.05) is 52.3 Å². The summed E-state index contributed by atoms with van der Waals surface area (Å²) >= 11 is 3.69. The van der Waals surface area contributed by atoms with Crippen LogP contribution in [0.25, 0.3) is 0 Å². The van der Waals surface area contributed by atoms with Crippen molar-refractivity contribution < 1.29 is 0 Å². The van der Waals surface area contributed by atoms with Gasteiger partial charge in [-0.25, -0.2) is 0 Å². The average Bonchev–Trinajstić information content (AvgIpc) is 2.85. The van der Waals surface area contributed by atoms with Crippen LogP contribution in [0.1, 0.15) is 28.3 Å². The molecule has 2 aromatic carbocycles. The van der Waals surface area contributed by atoms with Crippen LogP contribution in [0, 0.1) is 6.92 Å². The second-order valence-corrected chi connectivity index (χ2v) is 6.30. The smallest absolute Gasteiger partial charge is 0.0488 e. The van der Waals surface area contributed by atoms with Gasteiger partial charge >= 0.3 is 0 Å². The minimum atomic E-state index is 0.261. The van der Waals surface area contributed by atoms with E-state index in [1.165, 1.54) is 22.3 Å². The third-order valence-electron chi connectivity index (χ3n) is 4.04. The Labute approximate surface area is 128 Å². The molecule has 3 rings (SSSR count). The van der Waals surface area contributed by atoms with E-state index in [4.69, 9.17) is 5.73 Å². The van der Waals surface area contributed by atoms with E-state index in [-0.39, 0.29) is 6.04 Å². The van der Waals surface area contributed by atoms with Crippen LogP contribution in [0.3, 0.4) is 0 Å². The fraction of sp³-hybridized carbons (Fsp3) is 0.294. The van der Waals surface area contributed by atoms with Gasteiger partial charge in [0.25, 0.3) is 0 Å². The molecular formula is C17H19BrN2. The zero-order chi connectivity index (χ0) is 14.1. The van der Waals surface area contributed by atoms with Gasteiger partial charge in [-0.3, -0.25) is 4.90 Å². The van der Waals surface area contributed by atoms with Gasteiger partial charge < -0.3 is 5.73 Å². The summed E-state index contributed by atoms with van der Waals surface area (Å²) in [6, 6.07) is 15.4. The predicted octanol–water partition coefficient (Wildman–Crippen LogP) is 3.77. The predicted molar refractivity (Wildman–Crippen MR) is 86.4 cm³/mol. The number of halogens is 1. The second kappa shape index (κ2) is 5.68. The maximum atomic E-state index is 6.06. The molecule has 0 aliphatic carbocycles.